The minimum absolute atomic E-state index is 0.123. The molecule has 5 nitrogen and oxygen atoms in total. The maximum absolute atomic E-state index is 10.6. The third-order valence-corrected chi connectivity index (χ3v) is 4.43. The Balaban J connectivity index is 2.15. The predicted molar refractivity (Wildman–Crippen MR) is 68.9 cm³/mol. The van der Waals surface area contributed by atoms with Gasteiger partial charge in [-0.15, -0.1) is 21.8 Å². The van der Waals surface area contributed by atoms with E-state index >= 15 is 0 Å². The van der Waals surface area contributed by atoms with E-state index in [0.29, 0.717) is 5.88 Å². The first-order valence-electron chi connectivity index (χ1n) is 4.83. The van der Waals surface area contributed by atoms with Gasteiger partial charge in [-0.2, -0.15) is 0 Å². The first kappa shape index (κ1) is 12.4. The van der Waals surface area contributed by atoms with Gasteiger partial charge in [0.1, 0.15) is 5.01 Å². The zero-order chi connectivity index (χ0) is 12.3. The molecule has 0 unspecified atom stereocenters. The number of thiophene rings is 1. The molecular formula is C9H8ClN3O2S2. The van der Waals surface area contributed by atoms with Gasteiger partial charge in [0.15, 0.2) is 5.01 Å². The summed E-state index contributed by atoms with van der Waals surface area (Å²) in [4.78, 5) is 10.9. The lowest BCUT2D eigenvalue weighted by atomic mass is 10.4. The van der Waals surface area contributed by atoms with Crippen LogP contribution in [0.2, 0.25) is 0 Å². The number of nitro groups is 1. The van der Waals surface area contributed by atoms with Crippen molar-refractivity contribution in [3.63, 3.8) is 0 Å². The number of alkyl halides is 1. The molecule has 90 valence electrons. The van der Waals surface area contributed by atoms with Crippen molar-refractivity contribution >= 4 is 39.3 Å². The molecule has 0 aliphatic rings. The molecule has 8 heteroatoms. The van der Waals surface area contributed by atoms with Crippen LogP contribution in [0.3, 0.4) is 0 Å². The molecule has 17 heavy (non-hydrogen) atoms. The molecule has 0 aromatic carbocycles. The molecule has 0 saturated carbocycles. The Morgan fingerprint density at radius 3 is 2.82 bits per heavy atom. The van der Waals surface area contributed by atoms with E-state index in [4.69, 9.17) is 11.6 Å². The SMILES string of the molecule is O=[N+]([O-])c1ccc(-c2nnc(CCCCl)s2)s1. The van der Waals surface area contributed by atoms with Crippen LogP contribution in [0, 0.1) is 10.1 Å². The minimum Gasteiger partial charge on any atom is -0.258 e. The summed E-state index contributed by atoms with van der Waals surface area (Å²) in [5.41, 5.74) is 0. The average Bonchev–Trinajstić information content (AvgIpc) is 2.94. The Morgan fingerprint density at radius 2 is 2.18 bits per heavy atom. The summed E-state index contributed by atoms with van der Waals surface area (Å²) >= 11 is 8.17. The molecule has 0 aliphatic heterocycles. The molecule has 0 saturated heterocycles. The summed E-state index contributed by atoms with van der Waals surface area (Å²) in [5.74, 6) is 0.597. The topological polar surface area (TPSA) is 68.9 Å². The van der Waals surface area contributed by atoms with Crippen LogP contribution >= 0.6 is 34.3 Å². The Hall–Kier alpha value is -1.05. The Bertz CT molecular complexity index is 526. The van der Waals surface area contributed by atoms with Gasteiger partial charge in [0.05, 0.1) is 9.80 Å². The van der Waals surface area contributed by atoms with E-state index < -0.39 is 4.92 Å². The molecule has 2 aromatic heterocycles. The molecule has 0 fully saturated rings. The monoisotopic (exact) mass is 289 g/mol. The van der Waals surface area contributed by atoms with E-state index in [1.165, 1.54) is 17.4 Å². The molecule has 0 radical (unpaired) electrons. The van der Waals surface area contributed by atoms with Crippen LogP contribution < -0.4 is 0 Å². The minimum atomic E-state index is -0.399. The zero-order valence-corrected chi connectivity index (χ0v) is 11.0. The van der Waals surface area contributed by atoms with Gasteiger partial charge in [-0.05, 0) is 12.5 Å². The summed E-state index contributed by atoms with van der Waals surface area (Å²) in [5, 5.41) is 20.4. The second-order valence-corrected chi connectivity index (χ2v) is 5.69. The van der Waals surface area contributed by atoms with Crippen molar-refractivity contribution in [1.82, 2.24) is 10.2 Å². The normalized spacial score (nSPS) is 10.6. The summed E-state index contributed by atoms with van der Waals surface area (Å²) in [6.45, 7) is 0. The quantitative estimate of drug-likeness (QED) is 0.481. The largest absolute Gasteiger partial charge is 0.324 e. The fourth-order valence-corrected chi connectivity index (χ4v) is 3.10. The summed E-state index contributed by atoms with van der Waals surface area (Å²) in [7, 11) is 0. The van der Waals surface area contributed by atoms with Gasteiger partial charge in [0.25, 0.3) is 0 Å². The van der Waals surface area contributed by atoms with Crippen molar-refractivity contribution in [1.29, 1.82) is 0 Å². The fourth-order valence-electron chi connectivity index (χ4n) is 1.21. The van der Waals surface area contributed by atoms with Crippen molar-refractivity contribution in [2.45, 2.75) is 12.8 Å². The Kier molecular flexibility index (Phi) is 4.03. The number of hydrogen-bond acceptors (Lipinski definition) is 6. The summed E-state index contributed by atoms with van der Waals surface area (Å²) in [6, 6.07) is 3.19. The van der Waals surface area contributed by atoms with Gasteiger partial charge in [0.2, 0.25) is 0 Å². The lowest BCUT2D eigenvalue weighted by Crippen LogP contribution is -1.84. The predicted octanol–water partition coefficient (Wildman–Crippen LogP) is 3.35. The zero-order valence-electron chi connectivity index (χ0n) is 8.63. The average molecular weight is 290 g/mol. The molecule has 0 bridgehead atoms. The van der Waals surface area contributed by atoms with E-state index in [0.717, 1.165) is 39.1 Å². The van der Waals surface area contributed by atoms with Crippen LogP contribution in [0.4, 0.5) is 5.00 Å². The second-order valence-electron chi connectivity index (χ2n) is 3.19. The highest BCUT2D eigenvalue weighted by Gasteiger charge is 2.14. The van der Waals surface area contributed by atoms with E-state index in [1.54, 1.807) is 6.07 Å². The number of aryl methyl sites for hydroxylation is 1. The lowest BCUT2D eigenvalue weighted by molar-refractivity contribution is -0.380. The third-order valence-electron chi connectivity index (χ3n) is 1.97. The van der Waals surface area contributed by atoms with Crippen molar-refractivity contribution in [3.8, 4) is 9.88 Å². The van der Waals surface area contributed by atoms with Crippen molar-refractivity contribution < 1.29 is 4.92 Å². The molecule has 2 aromatic rings. The van der Waals surface area contributed by atoms with Gasteiger partial charge >= 0.3 is 5.00 Å². The van der Waals surface area contributed by atoms with Crippen LogP contribution in [0.5, 0.6) is 0 Å². The molecular weight excluding hydrogens is 282 g/mol. The van der Waals surface area contributed by atoms with E-state index in [1.807, 2.05) is 0 Å². The maximum atomic E-state index is 10.6. The van der Waals surface area contributed by atoms with Crippen LogP contribution in [-0.2, 0) is 6.42 Å². The van der Waals surface area contributed by atoms with Crippen LogP contribution in [0.25, 0.3) is 9.88 Å². The first-order valence-corrected chi connectivity index (χ1v) is 7.00. The Labute approximate surface area is 110 Å². The smallest absolute Gasteiger partial charge is 0.258 e. The number of rotatable bonds is 5. The highest BCUT2D eigenvalue weighted by atomic mass is 35.5. The maximum Gasteiger partial charge on any atom is 0.324 e. The van der Waals surface area contributed by atoms with Crippen molar-refractivity contribution in [2.75, 3.05) is 5.88 Å². The summed E-state index contributed by atoms with van der Waals surface area (Å²) in [6.07, 6.45) is 1.66. The number of halogens is 1. The molecule has 0 N–H and O–H groups in total. The Morgan fingerprint density at radius 1 is 1.35 bits per heavy atom. The number of nitrogens with zero attached hydrogens (tertiary/aromatic N) is 3. The molecule has 0 atom stereocenters. The molecule has 2 heterocycles. The van der Waals surface area contributed by atoms with Crippen LogP contribution in [-0.4, -0.2) is 21.0 Å². The molecule has 2 rings (SSSR count). The number of hydrogen-bond donors (Lipinski definition) is 0. The van der Waals surface area contributed by atoms with E-state index in [-0.39, 0.29) is 5.00 Å². The second kappa shape index (κ2) is 5.52. The van der Waals surface area contributed by atoms with Crippen LogP contribution in [0.1, 0.15) is 11.4 Å². The van der Waals surface area contributed by atoms with Gasteiger partial charge in [0, 0.05) is 18.4 Å². The van der Waals surface area contributed by atoms with Gasteiger partial charge < -0.3 is 0 Å². The fraction of sp³-hybridized carbons (Fsp3) is 0.333. The van der Waals surface area contributed by atoms with Crippen molar-refractivity contribution in [2.24, 2.45) is 0 Å². The number of aromatic nitrogens is 2. The lowest BCUT2D eigenvalue weighted by Gasteiger charge is -1.88. The van der Waals surface area contributed by atoms with Gasteiger partial charge in [-0.1, -0.05) is 22.7 Å². The van der Waals surface area contributed by atoms with Gasteiger partial charge in [-0.25, -0.2) is 0 Å². The van der Waals surface area contributed by atoms with E-state index in [2.05, 4.69) is 10.2 Å². The summed E-state index contributed by atoms with van der Waals surface area (Å²) < 4.78 is 0. The van der Waals surface area contributed by atoms with Crippen molar-refractivity contribution in [3.05, 3.63) is 27.3 Å². The molecule has 0 aliphatic carbocycles. The van der Waals surface area contributed by atoms with E-state index in [9.17, 15) is 10.1 Å². The highest BCUT2D eigenvalue weighted by molar-refractivity contribution is 7.23. The third kappa shape index (κ3) is 2.99. The molecule has 0 spiro atoms. The highest BCUT2D eigenvalue weighted by Crippen LogP contribution is 2.34. The first-order chi connectivity index (χ1) is 8.20. The molecule has 0 amide bonds. The standard InChI is InChI=1S/C9H8ClN3O2S2/c10-5-1-2-7-11-12-9(17-7)6-3-4-8(16-6)13(14)15/h3-4H,1-2,5H2. The van der Waals surface area contributed by atoms with Gasteiger partial charge in [-0.3, -0.25) is 10.1 Å². The van der Waals surface area contributed by atoms with Crippen LogP contribution in [0.15, 0.2) is 12.1 Å².